The number of hydrogen-bond acceptors (Lipinski definition) is 3. The number of aromatic nitrogens is 1. The van der Waals surface area contributed by atoms with Gasteiger partial charge in [-0.05, 0) is 31.2 Å². The summed E-state index contributed by atoms with van der Waals surface area (Å²) in [6.07, 6.45) is 0. The van der Waals surface area contributed by atoms with E-state index in [1.165, 1.54) is 5.56 Å². The molecule has 2 N–H and O–H groups in total. The maximum absolute atomic E-state index is 5.91. The zero-order valence-corrected chi connectivity index (χ0v) is 12.4. The molecule has 0 bridgehead atoms. The molecule has 3 nitrogen and oxygen atoms in total. The van der Waals surface area contributed by atoms with Gasteiger partial charge < -0.3 is 10.6 Å². The lowest BCUT2D eigenvalue weighted by atomic mass is 10.1. The molecule has 0 spiro atoms. The summed E-state index contributed by atoms with van der Waals surface area (Å²) in [7, 11) is 2.03. The maximum atomic E-state index is 5.91. The molecule has 0 atom stereocenters. The molecule has 2 aromatic carbocycles. The minimum absolute atomic E-state index is 0.476. The number of hydrogen-bond donors (Lipinski definition) is 1. The van der Waals surface area contributed by atoms with Crippen LogP contribution in [0.3, 0.4) is 0 Å². The second kappa shape index (κ2) is 5.54. The Bertz CT molecular complexity index is 763. The predicted octanol–water partition coefficient (Wildman–Crippen LogP) is 3.77. The van der Waals surface area contributed by atoms with Crippen LogP contribution in [0.1, 0.15) is 11.1 Å². The first-order chi connectivity index (χ1) is 10.2. The van der Waals surface area contributed by atoms with Gasteiger partial charge in [-0.3, -0.25) is 0 Å². The minimum Gasteiger partial charge on any atom is -0.329 e. The van der Waals surface area contributed by atoms with Crippen molar-refractivity contribution in [2.24, 2.45) is 5.73 Å². The molecule has 3 rings (SSSR count). The quantitative estimate of drug-likeness (QED) is 0.792. The van der Waals surface area contributed by atoms with Crippen molar-refractivity contribution in [1.82, 2.24) is 4.98 Å². The predicted molar refractivity (Wildman–Crippen MR) is 88.9 cm³/mol. The third kappa shape index (κ3) is 2.60. The zero-order valence-electron chi connectivity index (χ0n) is 12.4. The molecule has 1 aromatic heterocycles. The van der Waals surface area contributed by atoms with Gasteiger partial charge in [0, 0.05) is 30.2 Å². The topological polar surface area (TPSA) is 42.2 Å². The van der Waals surface area contributed by atoms with E-state index in [4.69, 9.17) is 10.7 Å². The molecular weight excluding hydrogens is 258 g/mol. The molecule has 0 unspecified atom stereocenters. The zero-order chi connectivity index (χ0) is 14.8. The molecule has 0 aliphatic carbocycles. The number of rotatable bonds is 3. The lowest BCUT2D eigenvalue weighted by molar-refractivity contribution is 1.02. The van der Waals surface area contributed by atoms with Gasteiger partial charge in [-0.15, -0.1) is 0 Å². The average Bonchev–Trinajstić information content (AvgIpc) is 2.53. The monoisotopic (exact) mass is 277 g/mol. The Balaban J connectivity index is 2.11. The van der Waals surface area contributed by atoms with E-state index in [1.807, 2.05) is 25.2 Å². The van der Waals surface area contributed by atoms with Crippen molar-refractivity contribution in [3.8, 4) is 0 Å². The fraction of sp³-hybridized carbons (Fsp3) is 0.167. The third-order valence-corrected chi connectivity index (χ3v) is 3.74. The minimum atomic E-state index is 0.476. The number of anilines is 2. The van der Waals surface area contributed by atoms with E-state index in [1.54, 1.807) is 0 Å². The summed E-state index contributed by atoms with van der Waals surface area (Å²) in [6.45, 7) is 2.56. The SMILES string of the molecule is Cc1ccc(N(C)c2nc3ccccc3cc2CN)cc1. The Morgan fingerprint density at radius 2 is 1.76 bits per heavy atom. The summed E-state index contributed by atoms with van der Waals surface area (Å²) >= 11 is 0. The van der Waals surface area contributed by atoms with E-state index >= 15 is 0 Å². The molecule has 0 fully saturated rings. The molecule has 3 aromatic rings. The average molecular weight is 277 g/mol. The van der Waals surface area contributed by atoms with Crippen molar-refractivity contribution in [1.29, 1.82) is 0 Å². The first kappa shape index (κ1) is 13.6. The largest absolute Gasteiger partial charge is 0.329 e. The highest BCUT2D eigenvalue weighted by Gasteiger charge is 2.11. The lowest BCUT2D eigenvalue weighted by Gasteiger charge is -2.22. The van der Waals surface area contributed by atoms with Gasteiger partial charge in [0.1, 0.15) is 5.82 Å². The van der Waals surface area contributed by atoms with E-state index < -0.39 is 0 Å². The van der Waals surface area contributed by atoms with Crippen molar-refractivity contribution in [2.45, 2.75) is 13.5 Å². The number of para-hydroxylation sites is 1. The van der Waals surface area contributed by atoms with Crippen molar-refractivity contribution in [3.63, 3.8) is 0 Å². The standard InChI is InChI=1S/C18H19N3/c1-13-7-9-16(10-8-13)21(2)18-15(12-19)11-14-5-3-4-6-17(14)20-18/h3-11H,12,19H2,1-2H3. The molecule has 0 amide bonds. The molecule has 0 saturated carbocycles. The van der Waals surface area contributed by atoms with Gasteiger partial charge in [0.25, 0.3) is 0 Å². The molecule has 21 heavy (non-hydrogen) atoms. The van der Waals surface area contributed by atoms with Crippen LogP contribution >= 0.6 is 0 Å². The van der Waals surface area contributed by atoms with Crippen LogP contribution in [0.15, 0.2) is 54.6 Å². The summed E-state index contributed by atoms with van der Waals surface area (Å²) < 4.78 is 0. The molecule has 0 radical (unpaired) electrons. The summed E-state index contributed by atoms with van der Waals surface area (Å²) in [6, 6.07) is 18.7. The molecular formula is C18H19N3. The van der Waals surface area contributed by atoms with Crippen molar-refractivity contribution >= 4 is 22.4 Å². The van der Waals surface area contributed by atoms with E-state index in [-0.39, 0.29) is 0 Å². The molecule has 0 saturated heterocycles. The van der Waals surface area contributed by atoms with Gasteiger partial charge in [0.05, 0.1) is 5.52 Å². The molecule has 0 aliphatic heterocycles. The third-order valence-electron chi connectivity index (χ3n) is 3.74. The van der Waals surface area contributed by atoms with E-state index in [0.717, 1.165) is 28.0 Å². The number of pyridine rings is 1. The fourth-order valence-electron chi connectivity index (χ4n) is 2.48. The Hall–Kier alpha value is -2.39. The number of nitrogens with two attached hydrogens (primary N) is 1. The first-order valence-corrected chi connectivity index (χ1v) is 7.08. The summed E-state index contributed by atoms with van der Waals surface area (Å²) in [4.78, 5) is 6.88. The Labute approximate surface area is 125 Å². The van der Waals surface area contributed by atoms with Gasteiger partial charge >= 0.3 is 0 Å². The number of aryl methyl sites for hydroxylation is 1. The van der Waals surface area contributed by atoms with E-state index in [2.05, 4.69) is 48.2 Å². The maximum Gasteiger partial charge on any atom is 0.137 e. The first-order valence-electron chi connectivity index (χ1n) is 7.08. The molecule has 3 heteroatoms. The Kier molecular flexibility index (Phi) is 3.59. The van der Waals surface area contributed by atoms with Crippen LogP contribution in [-0.4, -0.2) is 12.0 Å². The van der Waals surface area contributed by atoms with Crippen molar-refractivity contribution in [3.05, 3.63) is 65.7 Å². The molecule has 1 heterocycles. The highest BCUT2D eigenvalue weighted by atomic mass is 15.2. The Morgan fingerprint density at radius 3 is 2.48 bits per heavy atom. The second-order valence-electron chi connectivity index (χ2n) is 5.26. The van der Waals surface area contributed by atoms with Crippen LogP contribution < -0.4 is 10.6 Å². The summed E-state index contributed by atoms with van der Waals surface area (Å²) in [5.41, 5.74) is 10.3. The lowest BCUT2D eigenvalue weighted by Crippen LogP contribution is -2.15. The van der Waals surface area contributed by atoms with Gasteiger partial charge in [-0.25, -0.2) is 4.98 Å². The van der Waals surface area contributed by atoms with Crippen molar-refractivity contribution in [2.75, 3.05) is 11.9 Å². The number of fused-ring (bicyclic) bond motifs is 1. The van der Waals surface area contributed by atoms with Gasteiger partial charge in [0.15, 0.2) is 0 Å². The normalized spacial score (nSPS) is 10.8. The molecule has 0 aliphatic rings. The summed E-state index contributed by atoms with van der Waals surface area (Å²) in [5, 5.41) is 1.12. The summed E-state index contributed by atoms with van der Waals surface area (Å²) in [5.74, 6) is 0.917. The highest BCUT2D eigenvalue weighted by molar-refractivity contribution is 5.82. The van der Waals surface area contributed by atoms with Crippen LogP contribution in [-0.2, 0) is 6.54 Å². The smallest absolute Gasteiger partial charge is 0.137 e. The fourth-order valence-corrected chi connectivity index (χ4v) is 2.48. The van der Waals surface area contributed by atoms with Gasteiger partial charge in [-0.1, -0.05) is 35.9 Å². The van der Waals surface area contributed by atoms with Gasteiger partial charge in [-0.2, -0.15) is 0 Å². The van der Waals surface area contributed by atoms with Crippen LogP contribution in [0.4, 0.5) is 11.5 Å². The van der Waals surface area contributed by atoms with Crippen LogP contribution in [0.5, 0.6) is 0 Å². The van der Waals surface area contributed by atoms with Crippen LogP contribution in [0.25, 0.3) is 10.9 Å². The van der Waals surface area contributed by atoms with E-state index in [9.17, 15) is 0 Å². The highest BCUT2D eigenvalue weighted by Crippen LogP contribution is 2.28. The molecule has 106 valence electrons. The number of benzene rings is 2. The van der Waals surface area contributed by atoms with Gasteiger partial charge in [0.2, 0.25) is 0 Å². The second-order valence-corrected chi connectivity index (χ2v) is 5.26. The van der Waals surface area contributed by atoms with Crippen LogP contribution in [0.2, 0.25) is 0 Å². The Morgan fingerprint density at radius 1 is 1.05 bits per heavy atom. The van der Waals surface area contributed by atoms with E-state index in [0.29, 0.717) is 6.54 Å². The van der Waals surface area contributed by atoms with Crippen molar-refractivity contribution < 1.29 is 0 Å². The van der Waals surface area contributed by atoms with Crippen LogP contribution in [0, 0.1) is 6.92 Å². The number of nitrogens with zero attached hydrogens (tertiary/aromatic N) is 2.